The van der Waals surface area contributed by atoms with E-state index in [0.717, 1.165) is 15.9 Å². The Labute approximate surface area is 127 Å². The van der Waals surface area contributed by atoms with Gasteiger partial charge in [0.2, 0.25) is 0 Å². The lowest BCUT2D eigenvalue weighted by molar-refractivity contribution is 0.640. The SMILES string of the molecule is Cn1nnc(Br)c1C(N)CSc1ccc(Br)cc1. The van der Waals surface area contributed by atoms with Gasteiger partial charge >= 0.3 is 0 Å². The first-order valence-corrected chi connectivity index (χ1v) is 7.84. The Balaban J connectivity index is 2.00. The maximum Gasteiger partial charge on any atom is 0.153 e. The minimum absolute atomic E-state index is 0.104. The molecular weight excluding hydrogens is 380 g/mol. The first-order chi connectivity index (χ1) is 8.58. The maximum absolute atomic E-state index is 6.16. The van der Waals surface area contributed by atoms with Crippen LogP contribution in [0, 0.1) is 0 Å². The lowest BCUT2D eigenvalue weighted by Gasteiger charge is -2.11. The molecule has 1 atom stereocenters. The van der Waals surface area contributed by atoms with Gasteiger partial charge in [0.1, 0.15) is 0 Å². The third-order valence-electron chi connectivity index (χ3n) is 2.42. The second-order valence-electron chi connectivity index (χ2n) is 3.76. The number of thioether (sulfide) groups is 1. The first kappa shape index (κ1) is 14.0. The van der Waals surface area contributed by atoms with E-state index < -0.39 is 0 Å². The van der Waals surface area contributed by atoms with Crippen molar-refractivity contribution in [2.24, 2.45) is 12.8 Å². The number of nitrogens with two attached hydrogens (primary N) is 1. The van der Waals surface area contributed by atoms with Gasteiger partial charge in [-0.3, -0.25) is 0 Å². The van der Waals surface area contributed by atoms with Crippen LogP contribution >= 0.6 is 43.6 Å². The average Bonchev–Trinajstić information content (AvgIpc) is 2.68. The van der Waals surface area contributed by atoms with Crippen LogP contribution in [0.2, 0.25) is 0 Å². The predicted molar refractivity (Wildman–Crippen MR) is 80.5 cm³/mol. The van der Waals surface area contributed by atoms with Gasteiger partial charge in [-0.1, -0.05) is 21.1 Å². The molecule has 7 heteroatoms. The summed E-state index contributed by atoms with van der Waals surface area (Å²) < 4.78 is 3.50. The summed E-state index contributed by atoms with van der Waals surface area (Å²) in [5.74, 6) is 0.779. The number of hydrogen-bond acceptors (Lipinski definition) is 4. The summed E-state index contributed by atoms with van der Waals surface area (Å²) in [4.78, 5) is 1.19. The number of nitrogens with zero attached hydrogens (tertiary/aromatic N) is 3. The Kier molecular flexibility index (Phi) is 4.83. The molecule has 0 aliphatic rings. The van der Waals surface area contributed by atoms with Crippen molar-refractivity contribution in [3.63, 3.8) is 0 Å². The van der Waals surface area contributed by atoms with Crippen LogP contribution in [0.25, 0.3) is 0 Å². The zero-order valence-electron chi connectivity index (χ0n) is 9.68. The topological polar surface area (TPSA) is 56.7 Å². The van der Waals surface area contributed by atoms with E-state index in [0.29, 0.717) is 4.60 Å². The third kappa shape index (κ3) is 3.34. The summed E-state index contributed by atoms with van der Waals surface area (Å²) in [6.07, 6.45) is 0. The van der Waals surface area contributed by atoms with Gasteiger partial charge in [0.25, 0.3) is 0 Å². The van der Waals surface area contributed by atoms with Crippen LogP contribution in [0.3, 0.4) is 0 Å². The molecule has 0 bridgehead atoms. The molecule has 2 N–H and O–H groups in total. The second-order valence-corrected chi connectivity index (χ2v) is 6.52. The quantitative estimate of drug-likeness (QED) is 0.813. The van der Waals surface area contributed by atoms with E-state index in [1.54, 1.807) is 16.4 Å². The van der Waals surface area contributed by atoms with Gasteiger partial charge in [-0.05, 0) is 40.2 Å². The summed E-state index contributed by atoms with van der Waals surface area (Å²) in [6.45, 7) is 0. The predicted octanol–water partition coefficient (Wildman–Crippen LogP) is 3.13. The lowest BCUT2D eigenvalue weighted by Crippen LogP contribution is -2.17. The highest BCUT2D eigenvalue weighted by Crippen LogP contribution is 2.26. The first-order valence-electron chi connectivity index (χ1n) is 5.27. The van der Waals surface area contributed by atoms with Crippen LogP contribution in [-0.4, -0.2) is 20.7 Å². The Hall–Kier alpha value is -0.370. The molecule has 0 saturated heterocycles. The maximum atomic E-state index is 6.16. The molecule has 4 nitrogen and oxygen atoms in total. The van der Waals surface area contributed by atoms with Gasteiger partial charge in [-0.25, -0.2) is 4.68 Å². The molecule has 0 radical (unpaired) electrons. The molecular formula is C11H12Br2N4S. The number of halogens is 2. The van der Waals surface area contributed by atoms with Crippen molar-refractivity contribution >= 4 is 43.6 Å². The molecule has 1 aromatic heterocycles. The lowest BCUT2D eigenvalue weighted by atomic mass is 10.3. The van der Waals surface area contributed by atoms with Crippen molar-refractivity contribution in [3.8, 4) is 0 Å². The van der Waals surface area contributed by atoms with Crippen molar-refractivity contribution in [1.82, 2.24) is 15.0 Å². The van der Waals surface area contributed by atoms with Gasteiger partial charge in [0, 0.05) is 22.2 Å². The average molecular weight is 392 g/mol. The molecule has 0 saturated carbocycles. The number of aromatic nitrogens is 3. The fourth-order valence-electron chi connectivity index (χ4n) is 1.53. The summed E-state index contributed by atoms with van der Waals surface area (Å²) in [7, 11) is 1.84. The highest BCUT2D eigenvalue weighted by Gasteiger charge is 2.16. The molecule has 1 aromatic carbocycles. The summed E-state index contributed by atoms with van der Waals surface area (Å²) in [6, 6.07) is 8.08. The molecule has 0 fully saturated rings. The third-order valence-corrected chi connectivity index (χ3v) is 4.65. The number of benzene rings is 1. The molecule has 2 aromatic rings. The van der Waals surface area contributed by atoms with Gasteiger partial charge in [-0.2, -0.15) is 0 Å². The van der Waals surface area contributed by atoms with E-state index in [9.17, 15) is 0 Å². The van der Waals surface area contributed by atoms with E-state index in [-0.39, 0.29) is 6.04 Å². The Morgan fingerprint density at radius 1 is 1.33 bits per heavy atom. The Morgan fingerprint density at radius 3 is 2.56 bits per heavy atom. The number of hydrogen-bond donors (Lipinski definition) is 1. The van der Waals surface area contributed by atoms with Crippen LogP contribution in [-0.2, 0) is 7.05 Å². The van der Waals surface area contributed by atoms with E-state index >= 15 is 0 Å². The molecule has 0 amide bonds. The van der Waals surface area contributed by atoms with Crippen LogP contribution < -0.4 is 5.73 Å². The van der Waals surface area contributed by atoms with Gasteiger partial charge in [0.05, 0.1) is 11.7 Å². The minimum Gasteiger partial charge on any atom is -0.322 e. The van der Waals surface area contributed by atoms with Crippen LogP contribution in [0.1, 0.15) is 11.7 Å². The zero-order valence-corrected chi connectivity index (χ0v) is 13.7. The molecule has 1 heterocycles. The van der Waals surface area contributed by atoms with Crippen molar-refractivity contribution in [1.29, 1.82) is 0 Å². The normalized spacial score (nSPS) is 12.7. The van der Waals surface area contributed by atoms with Crippen LogP contribution in [0.5, 0.6) is 0 Å². The standard InChI is InChI=1S/C11H12Br2N4S/c1-17-10(11(13)15-16-17)9(14)6-18-8-4-2-7(12)3-5-8/h2-5,9H,6,14H2,1H3. The molecule has 0 spiro atoms. The fraction of sp³-hybridized carbons (Fsp3) is 0.273. The van der Waals surface area contributed by atoms with Gasteiger partial charge < -0.3 is 5.73 Å². The Morgan fingerprint density at radius 2 is 2.00 bits per heavy atom. The molecule has 18 heavy (non-hydrogen) atoms. The van der Waals surface area contributed by atoms with Gasteiger partial charge in [0.15, 0.2) is 4.60 Å². The number of aryl methyl sites for hydroxylation is 1. The number of rotatable bonds is 4. The zero-order chi connectivity index (χ0) is 13.1. The molecule has 96 valence electrons. The van der Waals surface area contributed by atoms with Crippen molar-refractivity contribution in [2.75, 3.05) is 5.75 Å². The van der Waals surface area contributed by atoms with E-state index in [2.05, 4.69) is 54.3 Å². The fourth-order valence-corrected chi connectivity index (χ4v) is 3.27. The molecule has 1 unspecified atom stereocenters. The Bertz CT molecular complexity index is 507. The van der Waals surface area contributed by atoms with Crippen molar-refractivity contribution in [2.45, 2.75) is 10.9 Å². The molecule has 0 aliphatic carbocycles. The van der Waals surface area contributed by atoms with Crippen LogP contribution in [0.4, 0.5) is 0 Å². The summed E-state index contributed by atoms with van der Waals surface area (Å²) in [5, 5.41) is 7.87. The van der Waals surface area contributed by atoms with Gasteiger partial charge in [-0.15, -0.1) is 16.9 Å². The second kappa shape index (κ2) is 6.18. The minimum atomic E-state index is -0.104. The summed E-state index contributed by atoms with van der Waals surface area (Å²) in [5.41, 5.74) is 7.07. The monoisotopic (exact) mass is 390 g/mol. The van der Waals surface area contributed by atoms with E-state index in [1.165, 1.54) is 4.90 Å². The summed E-state index contributed by atoms with van der Waals surface area (Å²) >= 11 is 8.50. The molecule has 0 aliphatic heterocycles. The van der Waals surface area contributed by atoms with Crippen LogP contribution in [0.15, 0.2) is 38.2 Å². The van der Waals surface area contributed by atoms with Crippen molar-refractivity contribution < 1.29 is 0 Å². The van der Waals surface area contributed by atoms with Crippen molar-refractivity contribution in [3.05, 3.63) is 39.0 Å². The highest BCUT2D eigenvalue weighted by molar-refractivity contribution is 9.10. The highest BCUT2D eigenvalue weighted by atomic mass is 79.9. The molecule has 2 rings (SSSR count). The van der Waals surface area contributed by atoms with E-state index in [1.807, 2.05) is 19.2 Å². The van der Waals surface area contributed by atoms with E-state index in [4.69, 9.17) is 5.73 Å². The largest absolute Gasteiger partial charge is 0.322 e. The smallest absolute Gasteiger partial charge is 0.153 e.